The summed E-state index contributed by atoms with van der Waals surface area (Å²) in [6.45, 7) is 0.838. The molecule has 0 aromatic heterocycles. The smallest absolute Gasteiger partial charge is 0.216 e. The van der Waals surface area contributed by atoms with Crippen molar-refractivity contribution < 1.29 is 4.57 Å². The van der Waals surface area contributed by atoms with Crippen molar-refractivity contribution in [2.24, 2.45) is 5.92 Å². The molecule has 74 valence electrons. The van der Waals surface area contributed by atoms with Gasteiger partial charge in [-0.05, 0) is 27.6 Å². The summed E-state index contributed by atoms with van der Waals surface area (Å²) in [6.07, 6.45) is 6.96. The van der Waals surface area contributed by atoms with Crippen molar-refractivity contribution in [3.05, 3.63) is 0 Å². The average Bonchev–Trinajstić information content (AvgIpc) is 2.09. The standard InChI is InChI=1S/C9H17N2OP/c1-5-9-6-7-11(4)13(12,8-9)10(2)3/h1,9H,6-8H2,2-4H3. The molecule has 0 bridgehead atoms. The summed E-state index contributed by atoms with van der Waals surface area (Å²) in [5.41, 5.74) is 0. The summed E-state index contributed by atoms with van der Waals surface area (Å²) in [5.74, 6) is 2.89. The third-order valence-electron chi connectivity index (χ3n) is 2.65. The van der Waals surface area contributed by atoms with Crippen LogP contribution in [0.1, 0.15) is 6.42 Å². The van der Waals surface area contributed by atoms with E-state index in [0.717, 1.165) is 13.0 Å². The van der Waals surface area contributed by atoms with Crippen LogP contribution in [0.5, 0.6) is 0 Å². The topological polar surface area (TPSA) is 23.6 Å². The second-order valence-corrected chi connectivity index (χ2v) is 6.91. The molecular weight excluding hydrogens is 183 g/mol. The zero-order chi connectivity index (χ0) is 10.1. The summed E-state index contributed by atoms with van der Waals surface area (Å²) in [6, 6.07) is 0. The Bertz CT molecular complexity index is 269. The molecule has 4 heteroatoms. The molecule has 0 spiro atoms. The Morgan fingerprint density at radius 3 is 2.69 bits per heavy atom. The number of hydrogen-bond donors (Lipinski definition) is 0. The van der Waals surface area contributed by atoms with Gasteiger partial charge in [0.1, 0.15) is 0 Å². The number of terminal acetylenes is 1. The molecule has 1 rings (SSSR count). The van der Waals surface area contributed by atoms with Crippen LogP contribution in [0.15, 0.2) is 0 Å². The summed E-state index contributed by atoms with van der Waals surface area (Å²) in [4.78, 5) is 0. The van der Waals surface area contributed by atoms with Gasteiger partial charge in [0.2, 0.25) is 7.44 Å². The number of hydrogen-bond acceptors (Lipinski definition) is 1. The first-order valence-electron chi connectivity index (χ1n) is 4.45. The molecule has 1 heterocycles. The lowest BCUT2D eigenvalue weighted by atomic mass is 10.1. The molecular formula is C9H17N2OP. The highest BCUT2D eigenvalue weighted by Gasteiger charge is 2.36. The highest BCUT2D eigenvalue weighted by molar-refractivity contribution is 7.59. The predicted molar refractivity (Wildman–Crippen MR) is 55.7 cm³/mol. The van der Waals surface area contributed by atoms with Gasteiger partial charge in [-0.1, -0.05) is 0 Å². The van der Waals surface area contributed by atoms with Gasteiger partial charge in [-0.15, -0.1) is 12.3 Å². The lowest BCUT2D eigenvalue weighted by Crippen LogP contribution is -2.34. The van der Waals surface area contributed by atoms with Crippen molar-refractivity contribution >= 4 is 7.44 Å². The minimum atomic E-state index is -2.32. The molecule has 2 atom stereocenters. The normalized spacial score (nSPS) is 36.1. The van der Waals surface area contributed by atoms with E-state index in [1.165, 1.54) is 0 Å². The van der Waals surface area contributed by atoms with E-state index < -0.39 is 7.44 Å². The molecule has 0 radical (unpaired) electrons. The van der Waals surface area contributed by atoms with Crippen LogP contribution in [0.3, 0.4) is 0 Å². The Morgan fingerprint density at radius 1 is 1.62 bits per heavy atom. The first kappa shape index (κ1) is 10.8. The fourth-order valence-electron chi connectivity index (χ4n) is 1.62. The van der Waals surface area contributed by atoms with E-state index in [2.05, 4.69) is 5.92 Å². The van der Waals surface area contributed by atoms with Crippen LogP contribution >= 0.6 is 7.44 Å². The van der Waals surface area contributed by atoms with E-state index in [1.807, 2.05) is 30.5 Å². The van der Waals surface area contributed by atoms with Gasteiger partial charge in [0.25, 0.3) is 0 Å². The third kappa shape index (κ3) is 1.96. The van der Waals surface area contributed by atoms with Gasteiger partial charge in [0.15, 0.2) is 0 Å². The number of rotatable bonds is 1. The van der Waals surface area contributed by atoms with Crippen LogP contribution in [0, 0.1) is 18.3 Å². The van der Waals surface area contributed by atoms with Crippen LogP contribution in [0.2, 0.25) is 0 Å². The van der Waals surface area contributed by atoms with Gasteiger partial charge in [-0.25, -0.2) is 9.34 Å². The summed E-state index contributed by atoms with van der Waals surface area (Å²) in [5, 5.41) is 0. The Balaban J connectivity index is 2.83. The molecule has 1 aliphatic rings. The molecule has 1 fully saturated rings. The van der Waals surface area contributed by atoms with E-state index in [-0.39, 0.29) is 5.92 Å². The molecule has 13 heavy (non-hydrogen) atoms. The van der Waals surface area contributed by atoms with E-state index >= 15 is 0 Å². The van der Waals surface area contributed by atoms with Gasteiger partial charge in [0.05, 0.1) is 0 Å². The summed E-state index contributed by atoms with van der Waals surface area (Å²) < 4.78 is 16.2. The molecule has 0 aromatic carbocycles. The van der Waals surface area contributed by atoms with Crippen LogP contribution in [0.25, 0.3) is 0 Å². The fraction of sp³-hybridized carbons (Fsp3) is 0.778. The second kappa shape index (κ2) is 3.84. The molecule has 0 saturated carbocycles. The maximum Gasteiger partial charge on any atom is 0.216 e. The van der Waals surface area contributed by atoms with Gasteiger partial charge in [-0.2, -0.15) is 0 Å². The zero-order valence-electron chi connectivity index (χ0n) is 8.53. The average molecular weight is 200 g/mol. The monoisotopic (exact) mass is 200 g/mol. The van der Waals surface area contributed by atoms with Crippen LogP contribution < -0.4 is 0 Å². The Kier molecular flexibility index (Phi) is 3.18. The van der Waals surface area contributed by atoms with Gasteiger partial charge >= 0.3 is 0 Å². The molecule has 2 unspecified atom stereocenters. The van der Waals surface area contributed by atoms with Crippen LogP contribution in [0.4, 0.5) is 0 Å². The van der Waals surface area contributed by atoms with Gasteiger partial charge in [-0.3, -0.25) is 4.57 Å². The highest BCUT2D eigenvalue weighted by Crippen LogP contribution is 2.54. The quantitative estimate of drug-likeness (QED) is 0.471. The lowest BCUT2D eigenvalue weighted by Gasteiger charge is -2.38. The molecule has 0 N–H and O–H groups in total. The van der Waals surface area contributed by atoms with E-state index in [1.54, 1.807) is 0 Å². The zero-order valence-corrected chi connectivity index (χ0v) is 9.42. The maximum atomic E-state index is 12.4. The first-order valence-corrected chi connectivity index (χ1v) is 6.25. The number of nitrogens with zero attached hydrogens (tertiary/aromatic N) is 2. The summed E-state index contributed by atoms with van der Waals surface area (Å²) >= 11 is 0. The fourth-order valence-corrected chi connectivity index (χ4v) is 4.13. The van der Waals surface area contributed by atoms with Crippen molar-refractivity contribution in [3.63, 3.8) is 0 Å². The minimum Gasteiger partial charge on any atom is -0.289 e. The molecule has 0 aliphatic carbocycles. The van der Waals surface area contributed by atoms with Gasteiger partial charge < -0.3 is 0 Å². The SMILES string of the molecule is C#CC1CCN(C)P(=O)(N(C)C)C1. The Hall–Kier alpha value is -0.290. The molecule has 3 nitrogen and oxygen atoms in total. The van der Waals surface area contributed by atoms with E-state index in [4.69, 9.17) is 6.42 Å². The van der Waals surface area contributed by atoms with E-state index in [9.17, 15) is 4.57 Å². The van der Waals surface area contributed by atoms with Crippen molar-refractivity contribution in [2.75, 3.05) is 33.8 Å². The van der Waals surface area contributed by atoms with Crippen molar-refractivity contribution in [1.82, 2.24) is 9.34 Å². The van der Waals surface area contributed by atoms with Crippen molar-refractivity contribution in [2.45, 2.75) is 6.42 Å². The summed E-state index contributed by atoms with van der Waals surface area (Å²) in [7, 11) is 3.30. The Morgan fingerprint density at radius 2 is 2.23 bits per heavy atom. The van der Waals surface area contributed by atoms with Gasteiger partial charge in [0, 0.05) is 18.6 Å². The third-order valence-corrected chi connectivity index (χ3v) is 6.09. The second-order valence-electron chi connectivity index (χ2n) is 3.73. The largest absolute Gasteiger partial charge is 0.289 e. The molecule has 0 aromatic rings. The minimum absolute atomic E-state index is 0.185. The maximum absolute atomic E-state index is 12.4. The molecule has 1 aliphatic heterocycles. The lowest BCUT2D eigenvalue weighted by molar-refractivity contribution is 0.366. The highest BCUT2D eigenvalue weighted by atomic mass is 31.2. The van der Waals surface area contributed by atoms with E-state index in [0.29, 0.717) is 6.16 Å². The van der Waals surface area contributed by atoms with Crippen LogP contribution in [-0.2, 0) is 4.57 Å². The predicted octanol–water partition coefficient (Wildman–Crippen LogP) is 1.33. The van der Waals surface area contributed by atoms with Crippen molar-refractivity contribution in [3.8, 4) is 12.3 Å². The Labute approximate surface area is 80.6 Å². The van der Waals surface area contributed by atoms with Crippen molar-refractivity contribution in [1.29, 1.82) is 0 Å². The molecule has 0 amide bonds. The van der Waals surface area contributed by atoms with Crippen LogP contribution in [-0.4, -0.2) is 43.2 Å². The first-order chi connectivity index (χ1) is 6.00. The molecule has 1 saturated heterocycles.